The molecule has 2 heteroatoms. The quantitative estimate of drug-likeness (QED) is 0.806. The molecule has 1 aliphatic rings. The summed E-state index contributed by atoms with van der Waals surface area (Å²) in [5, 5.41) is 6.89. The van der Waals surface area contributed by atoms with E-state index in [9.17, 15) is 0 Å². The minimum absolute atomic E-state index is 0.583. The van der Waals surface area contributed by atoms with Gasteiger partial charge in [0.05, 0.1) is 0 Å². The van der Waals surface area contributed by atoms with Crippen LogP contribution in [0.2, 0.25) is 0 Å². The summed E-state index contributed by atoms with van der Waals surface area (Å²) in [5.41, 5.74) is 4.48. The summed E-state index contributed by atoms with van der Waals surface area (Å²) in [7, 11) is 0. The molecule has 0 saturated carbocycles. The summed E-state index contributed by atoms with van der Waals surface area (Å²) in [6, 6.07) is 7.54. The Balaban J connectivity index is 1.95. The van der Waals surface area contributed by atoms with Gasteiger partial charge in [-0.05, 0) is 42.6 Å². The first-order chi connectivity index (χ1) is 7.75. The van der Waals surface area contributed by atoms with Crippen LogP contribution >= 0.6 is 0 Å². The van der Waals surface area contributed by atoms with Crippen molar-refractivity contribution in [3.8, 4) is 0 Å². The maximum atomic E-state index is 3.46. The van der Waals surface area contributed by atoms with Gasteiger partial charge in [0.1, 0.15) is 0 Å². The molecule has 2 rings (SSSR count). The summed E-state index contributed by atoms with van der Waals surface area (Å²) >= 11 is 0. The molecule has 0 spiro atoms. The van der Waals surface area contributed by atoms with E-state index >= 15 is 0 Å². The molecule has 1 heterocycles. The minimum Gasteiger partial charge on any atom is -0.314 e. The Morgan fingerprint density at radius 3 is 3.00 bits per heavy atom. The van der Waals surface area contributed by atoms with Crippen molar-refractivity contribution in [1.82, 2.24) is 10.6 Å². The number of hydrogen-bond acceptors (Lipinski definition) is 2. The number of rotatable bonds is 4. The lowest BCUT2D eigenvalue weighted by atomic mass is 9.97. The average molecular weight is 218 g/mol. The molecule has 16 heavy (non-hydrogen) atoms. The number of benzene rings is 1. The third kappa shape index (κ3) is 3.06. The van der Waals surface area contributed by atoms with Crippen molar-refractivity contribution < 1.29 is 0 Å². The summed E-state index contributed by atoms with van der Waals surface area (Å²) in [5.74, 6) is 0. The van der Waals surface area contributed by atoms with Crippen LogP contribution in [0.3, 0.4) is 0 Å². The van der Waals surface area contributed by atoms with E-state index in [1.165, 1.54) is 23.1 Å². The lowest BCUT2D eigenvalue weighted by Crippen LogP contribution is -2.26. The van der Waals surface area contributed by atoms with Crippen LogP contribution in [0, 0.1) is 0 Å². The number of fused-ring (bicyclic) bond motifs is 1. The lowest BCUT2D eigenvalue weighted by molar-refractivity contribution is 0.589. The zero-order valence-electron chi connectivity index (χ0n) is 10.3. The molecule has 2 N–H and O–H groups in total. The molecule has 2 nitrogen and oxygen atoms in total. The lowest BCUT2D eigenvalue weighted by Gasteiger charge is -2.18. The monoisotopic (exact) mass is 218 g/mol. The highest BCUT2D eigenvalue weighted by molar-refractivity contribution is 5.33. The zero-order chi connectivity index (χ0) is 11.4. The van der Waals surface area contributed by atoms with Crippen LogP contribution in [-0.2, 0) is 19.4 Å². The molecule has 0 aliphatic carbocycles. The Morgan fingerprint density at radius 1 is 1.31 bits per heavy atom. The van der Waals surface area contributed by atoms with E-state index in [-0.39, 0.29) is 0 Å². The minimum atomic E-state index is 0.583. The molecule has 0 bridgehead atoms. The van der Waals surface area contributed by atoms with Gasteiger partial charge in [0, 0.05) is 12.6 Å². The Labute approximate surface area is 98.4 Å². The second-order valence-corrected chi connectivity index (χ2v) is 4.89. The first-order valence-electron chi connectivity index (χ1n) is 6.30. The Hall–Kier alpha value is -0.860. The van der Waals surface area contributed by atoms with Crippen molar-refractivity contribution in [2.75, 3.05) is 13.1 Å². The SMILES string of the molecule is CC(C)NCCc1ccc2c(c1)CNCC2. The van der Waals surface area contributed by atoms with Gasteiger partial charge in [-0.25, -0.2) is 0 Å². The van der Waals surface area contributed by atoms with Gasteiger partial charge in [-0.1, -0.05) is 32.0 Å². The molecule has 88 valence electrons. The normalized spacial score (nSPS) is 15.2. The summed E-state index contributed by atoms with van der Waals surface area (Å²) in [6.07, 6.45) is 2.31. The summed E-state index contributed by atoms with van der Waals surface area (Å²) < 4.78 is 0. The van der Waals surface area contributed by atoms with Crippen molar-refractivity contribution in [1.29, 1.82) is 0 Å². The molecule has 1 aromatic carbocycles. The largest absolute Gasteiger partial charge is 0.314 e. The fraction of sp³-hybridized carbons (Fsp3) is 0.571. The fourth-order valence-corrected chi connectivity index (χ4v) is 2.19. The molecule has 1 aromatic rings. The Morgan fingerprint density at radius 2 is 2.19 bits per heavy atom. The van der Waals surface area contributed by atoms with Crippen molar-refractivity contribution in [3.05, 3.63) is 34.9 Å². The zero-order valence-corrected chi connectivity index (χ0v) is 10.3. The van der Waals surface area contributed by atoms with Gasteiger partial charge in [0.2, 0.25) is 0 Å². The smallest absolute Gasteiger partial charge is 0.0208 e. The van der Waals surface area contributed by atoms with E-state index in [2.05, 4.69) is 42.7 Å². The van der Waals surface area contributed by atoms with Crippen LogP contribution < -0.4 is 10.6 Å². The van der Waals surface area contributed by atoms with Crippen molar-refractivity contribution in [3.63, 3.8) is 0 Å². The standard InChI is InChI=1S/C14H22N2/c1-11(2)16-8-5-12-3-4-13-6-7-15-10-14(13)9-12/h3-4,9,11,15-16H,5-8,10H2,1-2H3. The molecule has 1 aliphatic heterocycles. The Kier molecular flexibility index (Phi) is 3.97. The third-order valence-corrected chi connectivity index (χ3v) is 3.12. The van der Waals surface area contributed by atoms with Crippen LogP contribution in [0.5, 0.6) is 0 Å². The second kappa shape index (κ2) is 5.46. The van der Waals surface area contributed by atoms with Gasteiger partial charge in [-0.2, -0.15) is 0 Å². The molecule has 0 amide bonds. The van der Waals surface area contributed by atoms with Crippen LogP contribution in [0.4, 0.5) is 0 Å². The van der Waals surface area contributed by atoms with Crippen molar-refractivity contribution in [2.45, 2.75) is 39.3 Å². The van der Waals surface area contributed by atoms with Crippen molar-refractivity contribution >= 4 is 0 Å². The molecule has 0 unspecified atom stereocenters. The predicted molar refractivity (Wildman–Crippen MR) is 68.7 cm³/mol. The highest BCUT2D eigenvalue weighted by Crippen LogP contribution is 2.15. The maximum Gasteiger partial charge on any atom is 0.0208 e. The average Bonchev–Trinajstić information content (AvgIpc) is 2.28. The van der Waals surface area contributed by atoms with Crippen LogP contribution in [0.25, 0.3) is 0 Å². The topological polar surface area (TPSA) is 24.1 Å². The predicted octanol–water partition coefficient (Wildman–Crippen LogP) is 1.87. The first-order valence-corrected chi connectivity index (χ1v) is 6.30. The van der Waals surface area contributed by atoms with Gasteiger partial charge in [-0.3, -0.25) is 0 Å². The highest BCUT2D eigenvalue weighted by atomic mass is 14.9. The maximum absolute atomic E-state index is 3.46. The third-order valence-electron chi connectivity index (χ3n) is 3.12. The van der Waals surface area contributed by atoms with E-state index < -0.39 is 0 Å². The van der Waals surface area contributed by atoms with Gasteiger partial charge in [0.15, 0.2) is 0 Å². The molecule has 0 saturated heterocycles. The van der Waals surface area contributed by atoms with E-state index in [1.807, 2.05) is 0 Å². The van der Waals surface area contributed by atoms with Crippen LogP contribution in [0.15, 0.2) is 18.2 Å². The van der Waals surface area contributed by atoms with Gasteiger partial charge in [-0.15, -0.1) is 0 Å². The van der Waals surface area contributed by atoms with Crippen molar-refractivity contribution in [2.24, 2.45) is 0 Å². The number of nitrogens with one attached hydrogen (secondary N) is 2. The molecule has 0 aromatic heterocycles. The van der Waals surface area contributed by atoms with E-state index in [0.717, 1.165) is 26.1 Å². The highest BCUT2D eigenvalue weighted by Gasteiger charge is 2.08. The van der Waals surface area contributed by atoms with E-state index in [4.69, 9.17) is 0 Å². The van der Waals surface area contributed by atoms with E-state index in [0.29, 0.717) is 6.04 Å². The summed E-state index contributed by atoms with van der Waals surface area (Å²) in [6.45, 7) is 7.62. The van der Waals surface area contributed by atoms with Crippen LogP contribution in [0.1, 0.15) is 30.5 Å². The fourth-order valence-electron chi connectivity index (χ4n) is 2.19. The van der Waals surface area contributed by atoms with Gasteiger partial charge in [0.25, 0.3) is 0 Å². The van der Waals surface area contributed by atoms with Gasteiger partial charge < -0.3 is 10.6 Å². The summed E-state index contributed by atoms with van der Waals surface area (Å²) in [4.78, 5) is 0. The molecular weight excluding hydrogens is 196 g/mol. The molecule has 0 fully saturated rings. The van der Waals surface area contributed by atoms with Crippen LogP contribution in [-0.4, -0.2) is 19.1 Å². The van der Waals surface area contributed by atoms with E-state index in [1.54, 1.807) is 0 Å². The van der Waals surface area contributed by atoms with Gasteiger partial charge >= 0.3 is 0 Å². The Bertz CT molecular complexity index is 345. The molecule has 0 atom stereocenters. The second-order valence-electron chi connectivity index (χ2n) is 4.89. The molecular formula is C14H22N2. The first kappa shape index (κ1) is 11.6. The molecule has 0 radical (unpaired) electrons. The number of hydrogen-bond donors (Lipinski definition) is 2.